The number of aryl methyl sites for hydroxylation is 1. The predicted octanol–water partition coefficient (Wildman–Crippen LogP) is 6.04. The van der Waals surface area contributed by atoms with Crippen LogP contribution in [0.25, 0.3) is 0 Å². The van der Waals surface area contributed by atoms with Gasteiger partial charge in [0.05, 0.1) is 0 Å². The number of hydrogen-bond acceptors (Lipinski definition) is 2. The maximum atomic E-state index is 11.1. The van der Waals surface area contributed by atoms with Crippen molar-refractivity contribution in [3.8, 4) is 5.75 Å². The average molecular weight is 336 g/mol. The van der Waals surface area contributed by atoms with E-state index in [0.29, 0.717) is 0 Å². The Balaban J connectivity index is 1.84. The smallest absolute Gasteiger partial charge is 0.223 e. The van der Waals surface area contributed by atoms with Crippen LogP contribution in [0.1, 0.15) is 96.8 Å². The quantitative estimate of drug-likeness (QED) is 0.397. The van der Waals surface area contributed by atoms with Crippen LogP contribution in [0.3, 0.4) is 0 Å². The molecule has 3 heteroatoms. The Morgan fingerprint density at radius 2 is 1.25 bits per heavy atom. The van der Waals surface area contributed by atoms with Crippen molar-refractivity contribution >= 4 is 0 Å². The largest absolute Gasteiger partial charge is 0.503 e. The van der Waals surface area contributed by atoms with Gasteiger partial charge in [0.15, 0.2) is 5.75 Å². The molecule has 138 valence electrons. The van der Waals surface area contributed by atoms with E-state index in [0.717, 1.165) is 13.0 Å². The predicted molar refractivity (Wildman–Crippen MR) is 103 cm³/mol. The van der Waals surface area contributed by atoms with Gasteiger partial charge in [-0.15, -0.1) is 0 Å². The molecule has 1 aromatic heterocycles. The van der Waals surface area contributed by atoms with Crippen molar-refractivity contribution in [3.05, 3.63) is 28.7 Å². The van der Waals surface area contributed by atoms with Crippen LogP contribution in [0.5, 0.6) is 5.75 Å². The van der Waals surface area contributed by atoms with E-state index in [1.807, 2.05) is 4.57 Å². The first kappa shape index (κ1) is 20.8. The summed E-state index contributed by atoms with van der Waals surface area (Å²) < 4.78 is 1.90. The molecule has 0 saturated heterocycles. The zero-order valence-corrected chi connectivity index (χ0v) is 15.6. The lowest BCUT2D eigenvalue weighted by Crippen LogP contribution is -2.05. The van der Waals surface area contributed by atoms with Gasteiger partial charge in [-0.1, -0.05) is 90.4 Å². The summed E-state index contributed by atoms with van der Waals surface area (Å²) in [5, 5.41) is 9.38. The second-order valence-electron chi connectivity index (χ2n) is 7.03. The van der Waals surface area contributed by atoms with Crippen LogP contribution in [-0.2, 0) is 6.54 Å². The molecule has 0 radical (unpaired) electrons. The molecule has 1 rings (SSSR count). The Hall–Kier alpha value is -1.25. The van der Waals surface area contributed by atoms with Crippen molar-refractivity contribution in [1.82, 2.24) is 4.57 Å². The number of nitrogens with zero attached hydrogens (tertiary/aromatic N) is 1. The molecule has 0 aliphatic heterocycles. The molecule has 0 bridgehead atoms. The van der Waals surface area contributed by atoms with E-state index < -0.39 is 0 Å². The Morgan fingerprint density at radius 1 is 0.792 bits per heavy atom. The highest BCUT2D eigenvalue weighted by Crippen LogP contribution is 2.13. The first-order valence-corrected chi connectivity index (χ1v) is 10.1. The Labute approximate surface area is 148 Å². The Kier molecular flexibility index (Phi) is 12.2. The van der Waals surface area contributed by atoms with Crippen molar-refractivity contribution in [2.45, 2.75) is 103 Å². The normalized spacial score (nSPS) is 11.0. The molecular formula is C21H37NO2. The lowest BCUT2D eigenvalue weighted by Gasteiger charge is -2.06. The van der Waals surface area contributed by atoms with Crippen LogP contribution in [0.4, 0.5) is 0 Å². The summed E-state index contributed by atoms with van der Waals surface area (Å²) in [6.07, 6.45) is 22.3. The standard InChI is InChI=1S/C21H37NO2/c1-2-3-4-5-6-7-8-9-10-11-12-13-14-15-17-22-18-16-20(23)21(24)19-22/h16,18-19,24H,2-15,17H2,1H3. The third-order valence-corrected chi connectivity index (χ3v) is 4.73. The topological polar surface area (TPSA) is 42.2 Å². The SMILES string of the molecule is CCCCCCCCCCCCCCCCn1ccc(=O)c(O)c1. The van der Waals surface area contributed by atoms with Gasteiger partial charge in [0.1, 0.15) is 0 Å². The van der Waals surface area contributed by atoms with Gasteiger partial charge in [-0.3, -0.25) is 4.79 Å². The van der Waals surface area contributed by atoms with E-state index >= 15 is 0 Å². The minimum atomic E-state index is -0.299. The van der Waals surface area contributed by atoms with Gasteiger partial charge in [-0.05, 0) is 6.42 Å². The van der Waals surface area contributed by atoms with Crippen LogP contribution < -0.4 is 5.43 Å². The van der Waals surface area contributed by atoms with Crippen LogP contribution >= 0.6 is 0 Å². The maximum absolute atomic E-state index is 11.1. The van der Waals surface area contributed by atoms with Crippen molar-refractivity contribution in [2.75, 3.05) is 0 Å². The third-order valence-electron chi connectivity index (χ3n) is 4.73. The molecule has 0 atom stereocenters. The van der Waals surface area contributed by atoms with Gasteiger partial charge in [-0.25, -0.2) is 0 Å². The molecule has 24 heavy (non-hydrogen) atoms. The summed E-state index contributed by atoms with van der Waals surface area (Å²) in [5.74, 6) is -0.150. The zero-order chi connectivity index (χ0) is 17.5. The van der Waals surface area contributed by atoms with Crippen LogP contribution in [0.2, 0.25) is 0 Å². The van der Waals surface area contributed by atoms with Gasteiger partial charge < -0.3 is 9.67 Å². The molecule has 0 amide bonds. The van der Waals surface area contributed by atoms with E-state index in [1.165, 1.54) is 95.7 Å². The number of rotatable bonds is 15. The van der Waals surface area contributed by atoms with Gasteiger partial charge >= 0.3 is 0 Å². The molecule has 3 nitrogen and oxygen atoms in total. The monoisotopic (exact) mass is 335 g/mol. The second kappa shape index (κ2) is 14.1. The van der Waals surface area contributed by atoms with Crippen molar-refractivity contribution in [3.63, 3.8) is 0 Å². The molecule has 0 unspecified atom stereocenters. The van der Waals surface area contributed by atoms with E-state index in [1.54, 1.807) is 6.20 Å². The molecular weight excluding hydrogens is 298 g/mol. The summed E-state index contributed by atoms with van der Waals surface area (Å²) in [4.78, 5) is 11.1. The fourth-order valence-electron chi connectivity index (χ4n) is 3.14. The highest BCUT2D eigenvalue weighted by molar-refractivity contribution is 5.14. The second-order valence-corrected chi connectivity index (χ2v) is 7.03. The first-order chi connectivity index (χ1) is 11.7. The summed E-state index contributed by atoms with van der Waals surface area (Å²) in [6.45, 7) is 3.15. The molecule has 1 aromatic rings. The number of aromatic nitrogens is 1. The summed E-state index contributed by atoms with van der Waals surface area (Å²) in [6, 6.07) is 1.43. The lowest BCUT2D eigenvalue weighted by atomic mass is 10.0. The molecule has 1 N–H and O–H groups in total. The Bertz CT molecular complexity index is 467. The van der Waals surface area contributed by atoms with Gasteiger partial charge in [-0.2, -0.15) is 0 Å². The van der Waals surface area contributed by atoms with Gasteiger partial charge in [0.25, 0.3) is 0 Å². The highest BCUT2D eigenvalue weighted by atomic mass is 16.3. The summed E-state index contributed by atoms with van der Waals surface area (Å²) >= 11 is 0. The molecule has 0 aliphatic rings. The molecule has 0 aliphatic carbocycles. The summed E-state index contributed by atoms with van der Waals surface area (Å²) in [5.41, 5.74) is -0.299. The minimum absolute atomic E-state index is 0.150. The van der Waals surface area contributed by atoms with E-state index in [4.69, 9.17) is 0 Å². The van der Waals surface area contributed by atoms with Crippen molar-refractivity contribution in [2.24, 2.45) is 0 Å². The van der Waals surface area contributed by atoms with Crippen LogP contribution in [0.15, 0.2) is 23.3 Å². The molecule has 0 spiro atoms. The number of pyridine rings is 1. The molecule has 0 saturated carbocycles. The van der Waals surface area contributed by atoms with Crippen LogP contribution in [0, 0.1) is 0 Å². The number of aromatic hydroxyl groups is 1. The zero-order valence-electron chi connectivity index (χ0n) is 15.6. The Morgan fingerprint density at radius 3 is 1.71 bits per heavy atom. The minimum Gasteiger partial charge on any atom is -0.503 e. The van der Waals surface area contributed by atoms with Crippen molar-refractivity contribution in [1.29, 1.82) is 0 Å². The molecule has 1 heterocycles. The van der Waals surface area contributed by atoms with Gasteiger partial charge in [0, 0.05) is 25.0 Å². The van der Waals surface area contributed by atoms with E-state index in [2.05, 4.69) is 6.92 Å². The highest BCUT2D eigenvalue weighted by Gasteiger charge is 1.97. The van der Waals surface area contributed by atoms with E-state index in [-0.39, 0.29) is 11.2 Å². The average Bonchev–Trinajstić information content (AvgIpc) is 2.58. The fourth-order valence-corrected chi connectivity index (χ4v) is 3.14. The summed E-state index contributed by atoms with van der Waals surface area (Å²) in [7, 11) is 0. The van der Waals surface area contributed by atoms with Crippen LogP contribution in [-0.4, -0.2) is 9.67 Å². The first-order valence-electron chi connectivity index (χ1n) is 10.1. The fraction of sp³-hybridized carbons (Fsp3) is 0.762. The van der Waals surface area contributed by atoms with Crippen molar-refractivity contribution < 1.29 is 5.11 Å². The lowest BCUT2D eigenvalue weighted by molar-refractivity contribution is 0.457. The third kappa shape index (κ3) is 10.5. The maximum Gasteiger partial charge on any atom is 0.223 e. The molecule has 0 fully saturated rings. The molecule has 0 aromatic carbocycles. The van der Waals surface area contributed by atoms with E-state index in [9.17, 15) is 9.90 Å². The number of hydrogen-bond donors (Lipinski definition) is 1. The van der Waals surface area contributed by atoms with Gasteiger partial charge in [0.2, 0.25) is 5.43 Å². The number of unbranched alkanes of at least 4 members (excludes halogenated alkanes) is 13.